The van der Waals surface area contributed by atoms with Crippen LogP contribution in [-0.2, 0) is 24.3 Å². The predicted octanol–water partition coefficient (Wildman–Crippen LogP) is 2.89. The Kier molecular flexibility index (Phi) is 8.05. The molecule has 0 aliphatic carbocycles. The number of thiazole rings is 1. The summed E-state index contributed by atoms with van der Waals surface area (Å²) in [7, 11) is 0. The molecule has 3 aromatic rings. The smallest absolute Gasteiger partial charge is 0.330 e. The third-order valence-electron chi connectivity index (χ3n) is 5.29. The maximum atomic E-state index is 12.9. The minimum Gasteiger partial charge on any atom is -0.383 e. The van der Waals surface area contributed by atoms with Gasteiger partial charge in [0.05, 0.1) is 12.2 Å². The first-order valence-corrected chi connectivity index (χ1v) is 11.8. The highest BCUT2D eigenvalue weighted by molar-refractivity contribution is 7.15. The Balaban J connectivity index is 1.95. The molecule has 0 saturated heterocycles. The Labute approximate surface area is 196 Å². The molecule has 0 fully saturated rings. The predicted molar refractivity (Wildman–Crippen MR) is 133 cm³/mol. The first-order chi connectivity index (χ1) is 15.8. The van der Waals surface area contributed by atoms with Crippen LogP contribution in [0.4, 0.5) is 16.6 Å². The van der Waals surface area contributed by atoms with Crippen LogP contribution < -0.4 is 27.2 Å². The molecule has 0 radical (unpaired) electrons. The van der Waals surface area contributed by atoms with Gasteiger partial charge in [0.15, 0.2) is 5.13 Å². The number of H-pyrrole nitrogens is 1. The molecule has 0 unspecified atom stereocenters. The van der Waals surface area contributed by atoms with Gasteiger partial charge < -0.3 is 16.0 Å². The lowest BCUT2D eigenvalue weighted by Crippen LogP contribution is -2.41. The van der Waals surface area contributed by atoms with E-state index >= 15 is 0 Å². The number of nitrogen functional groups attached to an aromatic ring is 1. The highest BCUT2D eigenvalue weighted by Gasteiger charge is 2.22. The van der Waals surface area contributed by atoms with Gasteiger partial charge in [-0.05, 0) is 25.3 Å². The summed E-state index contributed by atoms with van der Waals surface area (Å²) in [5, 5.41) is 3.35. The van der Waals surface area contributed by atoms with Crippen LogP contribution in [0.2, 0.25) is 0 Å². The normalized spacial score (nSPS) is 10.9. The Morgan fingerprint density at radius 3 is 2.61 bits per heavy atom. The van der Waals surface area contributed by atoms with Crippen molar-refractivity contribution >= 4 is 33.9 Å². The first-order valence-electron chi connectivity index (χ1n) is 11.0. The molecule has 4 N–H and O–H groups in total. The van der Waals surface area contributed by atoms with Crippen molar-refractivity contribution in [3.8, 4) is 0 Å². The molecule has 1 amide bonds. The second-order valence-electron chi connectivity index (χ2n) is 7.76. The van der Waals surface area contributed by atoms with Crippen LogP contribution in [0.3, 0.4) is 0 Å². The number of nitrogens with two attached hydrogens (primary N) is 1. The van der Waals surface area contributed by atoms with Crippen LogP contribution in [0, 0.1) is 6.92 Å². The minimum atomic E-state index is -0.618. The number of amides is 1. The van der Waals surface area contributed by atoms with Gasteiger partial charge in [-0.3, -0.25) is 19.1 Å². The van der Waals surface area contributed by atoms with E-state index < -0.39 is 11.2 Å². The average molecular weight is 471 g/mol. The SMILES string of the molecule is CCCCn1c(N)c(N(CC(=O)Nc2nc(CC)c(C)s2)Cc2ccccc2)c(=O)[nH]c1=O. The van der Waals surface area contributed by atoms with Crippen LogP contribution in [0.1, 0.15) is 42.8 Å². The largest absolute Gasteiger partial charge is 0.383 e. The van der Waals surface area contributed by atoms with Gasteiger partial charge in [-0.15, -0.1) is 11.3 Å². The second kappa shape index (κ2) is 11.0. The summed E-state index contributed by atoms with van der Waals surface area (Å²) in [6.07, 6.45) is 2.38. The lowest BCUT2D eigenvalue weighted by Gasteiger charge is -2.25. The summed E-state index contributed by atoms with van der Waals surface area (Å²) in [5.74, 6) is -0.272. The average Bonchev–Trinajstić information content (AvgIpc) is 3.12. The fourth-order valence-corrected chi connectivity index (χ4v) is 4.50. The van der Waals surface area contributed by atoms with Gasteiger partial charge >= 0.3 is 5.69 Å². The number of aromatic nitrogens is 3. The van der Waals surface area contributed by atoms with Crippen molar-refractivity contribution in [2.45, 2.75) is 53.1 Å². The standard InChI is InChI=1S/C23H30N6O3S/c1-4-6-12-29-20(24)19(21(31)27-23(29)32)28(13-16-10-8-7-9-11-16)14-18(30)26-22-25-17(5-2)15(3)33-22/h7-11H,4-6,12-14,24H2,1-3H3,(H,25,26,30)(H,27,31,32). The van der Waals surface area contributed by atoms with Crippen LogP contribution in [0.25, 0.3) is 0 Å². The number of carbonyl (C=O) groups is 1. The van der Waals surface area contributed by atoms with E-state index in [0.717, 1.165) is 35.4 Å². The summed E-state index contributed by atoms with van der Waals surface area (Å²) in [4.78, 5) is 47.6. The zero-order chi connectivity index (χ0) is 24.0. The van der Waals surface area contributed by atoms with Gasteiger partial charge in [0.25, 0.3) is 5.56 Å². The van der Waals surface area contributed by atoms with Crippen molar-refractivity contribution < 1.29 is 4.79 Å². The van der Waals surface area contributed by atoms with Gasteiger partial charge in [-0.1, -0.05) is 50.6 Å². The molecule has 0 aliphatic rings. The van der Waals surface area contributed by atoms with Gasteiger partial charge in [0, 0.05) is 18.0 Å². The number of unbranched alkanes of at least 4 members (excludes halogenated alkanes) is 1. The number of hydrogen-bond acceptors (Lipinski definition) is 7. The first kappa shape index (κ1) is 24.2. The zero-order valence-electron chi connectivity index (χ0n) is 19.2. The van der Waals surface area contributed by atoms with Crippen LogP contribution in [0.5, 0.6) is 0 Å². The Morgan fingerprint density at radius 2 is 1.97 bits per heavy atom. The number of hydrogen-bond donors (Lipinski definition) is 3. The third-order valence-corrected chi connectivity index (χ3v) is 6.22. The maximum Gasteiger partial charge on any atom is 0.330 e. The molecular formula is C23H30N6O3S. The van der Waals surface area contributed by atoms with Gasteiger partial charge in [-0.25, -0.2) is 9.78 Å². The van der Waals surface area contributed by atoms with E-state index in [1.807, 2.05) is 51.1 Å². The van der Waals surface area contributed by atoms with Crippen LogP contribution in [-0.4, -0.2) is 27.0 Å². The molecule has 9 nitrogen and oxygen atoms in total. The summed E-state index contributed by atoms with van der Waals surface area (Å²) in [6.45, 7) is 6.50. The molecule has 2 aromatic heterocycles. The van der Waals surface area contributed by atoms with E-state index in [0.29, 0.717) is 11.7 Å². The summed E-state index contributed by atoms with van der Waals surface area (Å²) < 4.78 is 1.36. The minimum absolute atomic E-state index is 0.0549. The number of aryl methyl sites for hydroxylation is 2. The van der Waals surface area contributed by atoms with Gasteiger partial charge in [0.2, 0.25) is 5.91 Å². The monoisotopic (exact) mass is 470 g/mol. The van der Waals surface area contributed by atoms with Gasteiger partial charge in [0.1, 0.15) is 11.5 Å². The summed E-state index contributed by atoms with van der Waals surface area (Å²) in [6, 6.07) is 9.46. The molecule has 1 aromatic carbocycles. The molecular weight excluding hydrogens is 440 g/mol. The molecule has 0 saturated carbocycles. The van der Waals surface area contributed by atoms with E-state index in [9.17, 15) is 14.4 Å². The molecule has 0 spiro atoms. The lowest BCUT2D eigenvalue weighted by molar-refractivity contribution is -0.115. The quantitative estimate of drug-likeness (QED) is 0.418. The van der Waals surface area contributed by atoms with Crippen molar-refractivity contribution in [2.75, 3.05) is 22.5 Å². The third kappa shape index (κ3) is 5.89. The van der Waals surface area contributed by atoms with Crippen molar-refractivity contribution in [2.24, 2.45) is 0 Å². The molecule has 176 valence electrons. The summed E-state index contributed by atoms with van der Waals surface area (Å²) >= 11 is 1.41. The number of anilines is 3. The number of nitrogens with zero attached hydrogens (tertiary/aromatic N) is 3. The second-order valence-corrected chi connectivity index (χ2v) is 8.97. The zero-order valence-corrected chi connectivity index (χ0v) is 20.0. The Morgan fingerprint density at radius 1 is 1.24 bits per heavy atom. The molecule has 0 atom stereocenters. The molecule has 2 heterocycles. The molecule has 33 heavy (non-hydrogen) atoms. The fourth-order valence-electron chi connectivity index (χ4n) is 3.58. The number of nitrogens with one attached hydrogen (secondary N) is 2. The van der Waals surface area contributed by atoms with E-state index in [1.54, 1.807) is 4.90 Å². The summed E-state index contributed by atoms with van der Waals surface area (Å²) in [5.41, 5.74) is 7.09. The number of carbonyl (C=O) groups excluding carboxylic acids is 1. The topological polar surface area (TPSA) is 126 Å². The number of rotatable bonds is 10. The van der Waals surface area contributed by atoms with Crippen molar-refractivity contribution in [3.05, 3.63) is 67.3 Å². The highest BCUT2D eigenvalue weighted by Crippen LogP contribution is 2.23. The van der Waals surface area contributed by atoms with Crippen molar-refractivity contribution in [1.29, 1.82) is 0 Å². The number of aromatic amines is 1. The van der Waals surface area contributed by atoms with E-state index in [2.05, 4.69) is 15.3 Å². The van der Waals surface area contributed by atoms with E-state index in [1.165, 1.54) is 15.9 Å². The molecule has 0 bridgehead atoms. The molecule has 3 rings (SSSR count). The highest BCUT2D eigenvalue weighted by atomic mass is 32.1. The maximum absolute atomic E-state index is 12.9. The van der Waals surface area contributed by atoms with Gasteiger partial charge in [-0.2, -0.15) is 0 Å². The van der Waals surface area contributed by atoms with Crippen molar-refractivity contribution in [1.82, 2.24) is 14.5 Å². The fraction of sp³-hybridized carbons (Fsp3) is 0.391. The Hall–Kier alpha value is -3.40. The Bertz CT molecular complexity index is 1220. The molecule has 0 aliphatic heterocycles. The van der Waals surface area contributed by atoms with Crippen LogP contribution in [0.15, 0.2) is 39.9 Å². The van der Waals surface area contributed by atoms with E-state index in [-0.39, 0.29) is 30.5 Å². The molecule has 10 heteroatoms. The lowest BCUT2D eigenvalue weighted by atomic mass is 10.2. The number of benzene rings is 1. The van der Waals surface area contributed by atoms with Crippen molar-refractivity contribution in [3.63, 3.8) is 0 Å². The van der Waals surface area contributed by atoms with Crippen LogP contribution >= 0.6 is 11.3 Å². The van der Waals surface area contributed by atoms with E-state index in [4.69, 9.17) is 5.73 Å².